The van der Waals surface area contributed by atoms with Gasteiger partial charge in [-0.15, -0.1) is 0 Å². The van der Waals surface area contributed by atoms with E-state index in [1.54, 1.807) is 0 Å². The monoisotopic (exact) mass is 1670 g/mol. The van der Waals surface area contributed by atoms with E-state index in [1.165, 1.54) is 169 Å². The van der Waals surface area contributed by atoms with Crippen LogP contribution < -0.4 is 0 Å². The first-order valence-corrected chi connectivity index (χ1v) is 44.5. The molecule has 0 spiro atoms. The molecule has 29 rings (SSSR count). The summed E-state index contributed by atoms with van der Waals surface area (Å²) in [5, 5.41) is 20.1. The molecule has 0 saturated carbocycles. The van der Waals surface area contributed by atoms with Crippen molar-refractivity contribution < 1.29 is 0 Å². The van der Waals surface area contributed by atoms with Crippen molar-refractivity contribution in [1.82, 2.24) is 52.2 Å². The molecule has 0 atom stereocenters. The number of aromatic nitrogens is 11. The molecule has 0 radical (unpaired) electrons. The molecule has 0 amide bonds. The Balaban J connectivity index is 0.000000137. The first kappa shape index (κ1) is 72.5. The maximum Gasteiger partial charge on any atom is 0.164 e. The fraction of sp³-hybridized carbons (Fsp3) is 0. The van der Waals surface area contributed by atoms with Gasteiger partial charge >= 0.3 is 0 Å². The van der Waals surface area contributed by atoms with Gasteiger partial charge in [0.25, 0.3) is 0 Å². The van der Waals surface area contributed by atoms with Gasteiger partial charge in [0.2, 0.25) is 0 Å². The summed E-state index contributed by atoms with van der Waals surface area (Å²) in [6, 6.07) is 155. The topological polar surface area (TPSA) is 100 Å². The van der Waals surface area contributed by atoms with Gasteiger partial charge in [-0.1, -0.05) is 303 Å². The van der Waals surface area contributed by atoms with Gasteiger partial charge in [0.1, 0.15) is 0 Å². The Kier molecular flexibility index (Phi) is 15.7. The fourth-order valence-electron chi connectivity index (χ4n) is 21.5. The quantitative estimate of drug-likeness (QED) is 0.128. The minimum absolute atomic E-state index is 0.619. The van der Waals surface area contributed by atoms with Crippen LogP contribution in [0.15, 0.2) is 431 Å². The third-order valence-electron chi connectivity index (χ3n) is 27.2. The zero-order chi connectivity index (χ0) is 85.6. The Hall–Kier alpha value is -17.8. The zero-order valence-electron chi connectivity index (χ0n) is 70.4. The number of benzene rings is 19. The molecule has 29 aromatic rings. The lowest BCUT2D eigenvalue weighted by molar-refractivity contribution is 1.07. The molecule has 0 aliphatic carbocycles. The lowest BCUT2D eigenvalue weighted by atomic mass is 9.96. The maximum atomic E-state index is 5.13. The molecule has 0 fully saturated rings. The van der Waals surface area contributed by atoms with Crippen molar-refractivity contribution in [2.45, 2.75) is 0 Å². The van der Waals surface area contributed by atoms with Crippen molar-refractivity contribution >= 4 is 158 Å². The molecule has 10 heterocycles. The molecule has 11 heteroatoms. The van der Waals surface area contributed by atoms with Crippen LogP contribution in [0.5, 0.6) is 0 Å². The Labute approximate surface area is 748 Å². The van der Waals surface area contributed by atoms with Gasteiger partial charge in [-0.05, 0) is 161 Å². The van der Waals surface area contributed by atoms with Crippen LogP contribution in [0.25, 0.3) is 271 Å². The average molecular weight is 1670 g/mol. The standard InChI is InChI=1S/C69H40N6.C51H31N5/c1-3-15-41(16-4-1)67-70-68(42-17-5-2-6-18-42)72-69(71-67)46-19-13-20-48(35-46)73-62-32-29-44(43-30-34-64-54(36-43)53-25-14-24-52-49-21-7-10-26-59(49)75(64)65(52)53)37-55(62)56-38-45(31-33-63(56)73)47-39-57-50-22-8-11-27-60(50)74-61-28-12-9-23-51(61)58(40-47)66(57)74;1-3-15-32(16-4-1)49-52-50(33-17-5-2-6-18-33)54-51(53-49)34-19-13-20-36(29-34)55-45-27-12-9-23-40(45)47-37(24-14-28-46(47)55)35-30-41-38-21-7-10-25-43(38)56-44-26-11-8-22-39(44)42(31-35)48(41)56/h1-40H;1-31H. The minimum atomic E-state index is 0.619. The van der Waals surface area contributed by atoms with Gasteiger partial charge in [-0.2, -0.15) is 0 Å². The fourth-order valence-corrected chi connectivity index (χ4v) is 21.5. The third kappa shape index (κ3) is 11.0. The van der Waals surface area contributed by atoms with Crippen molar-refractivity contribution in [2.75, 3.05) is 0 Å². The number of nitrogens with zero attached hydrogens (tertiary/aromatic N) is 11. The highest BCUT2D eigenvalue weighted by molar-refractivity contribution is 6.28. The van der Waals surface area contributed by atoms with Crippen LogP contribution in [-0.2, 0) is 0 Å². The highest BCUT2D eigenvalue weighted by atomic mass is 15.1. The van der Waals surface area contributed by atoms with Crippen LogP contribution in [-0.4, -0.2) is 52.2 Å². The molecule has 0 saturated heterocycles. The first-order chi connectivity index (χ1) is 65.0. The molecule has 0 aliphatic rings. The first-order valence-electron chi connectivity index (χ1n) is 44.5. The summed E-state index contributed by atoms with van der Waals surface area (Å²) in [7, 11) is 0. The molecule has 606 valence electrons. The summed E-state index contributed by atoms with van der Waals surface area (Å²) in [6.07, 6.45) is 0. The Morgan fingerprint density at radius 1 is 0.137 bits per heavy atom. The van der Waals surface area contributed by atoms with E-state index in [1.807, 2.05) is 97.1 Å². The second-order valence-corrected chi connectivity index (χ2v) is 34.4. The van der Waals surface area contributed by atoms with Crippen LogP contribution in [0, 0.1) is 0 Å². The van der Waals surface area contributed by atoms with Gasteiger partial charge in [0.15, 0.2) is 34.9 Å². The van der Waals surface area contributed by atoms with E-state index < -0.39 is 0 Å². The van der Waals surface area contributed by atoms with Gasteiger partial charge in [-0.25, -0.2) is 29.9 Å². The summed E-state index contributed by atoms with van der Waals surface area (Å²) < 4.78 is 12.1. The largest absolute Gasteiger partial charge is 0.309 e. The van der Waals surface area contributed by atoms with Crippen LogP contribution >= 0.6 is 0 Å². The van der Waals surface area contributed by atoms with Crippen molar-refractivity contribution in [3.63, 3.8) is 0 Å². The smallest absolute Gasteiger partial charge is 0.164 e. The van der Waals surface area contributed by atoms with E-state index in [-0.39, 0.29) is 0 Å². The van der Waals surface area contributed by atoms with E-state index in [2.05, 4.69) is 356 Å². The number of para-hydroxylation sites is 7. The second kappa shape index (κ2) is 28.4. The zero-order valence-corrected chi connectivity index (χ0v) is 70.4. The van der Waals surface area contributed by atoms with Crippen LogP contribution in [0.4, 0.5) is 0 Å². The van der Waals surface area contributed by atoms with Crippen molar-refractivity contribution in [3.8, 4) is 113 Å². The van der Waals surface area contributed by atoms with Crippen LogP contribution in [0.3, 0.4) is 0 Å². The van der Waals surface area contributed by atoms with E-state index in [4.69, 9.17) is 29.9 Å². The number of fused-ring (bicyclic) bond motifs is 24. The molecule has 10 aromatic heterocycles. The summed E-state index contributed by atoms with van der Waals surface area (Å²) in [4.78, 5) is 30.3. The molecule has 0 bridgehead atoms. The van der Waals surface area contributed by atoms with E-state index in [0.717, 1.165) is 66.8 Å². The average Bonchev–Trinajstić information content (AvgIpc) is 1.54. The van der Waals surface area contributed by atoms with Crippen LogP contribution in [0.1, 0.15) is 0 Å². The second-order valence-electron chi connectivity index (χ2n) is 34.4. The lowest BCUT2D eigenvalue weighted by Gasteiger charge is -2.12. The van der Waals surface area contributed by atoms with Crippen molar-refractivity contribution in [1.29, 1.82) is 0 Å². The predicted molar refractivity (Wildman–Crippen MR) is 541 cm³/mol. The minimum Gasteiger partial charge on any atom is -0.309 e. The molecule has 11 nitrogen and oxygen atoms in total. The van der Waals surface area contributed by atoms with Gasteiger partial charge in [0, 0.05) is 131 Å². The molecular formula is C120H71N11. The SMILES string of the molecule is c1ccc(-c2nc(-c3ccccc3)nc(-c3cccc(-n4c5ccc(-c6ccc7c(c6)c6cccc8c9ccccc9n7c86)cc5c5cc(-c6cc7c8ccccc8n8c9ccccc9c(c6)c78)ccc54)c3)n2)cc1.c1ccc(-c2nc(-c3ccccc3)nc(-c3cccc(-n4c5ccccc5c5c(-c6cc7c8ccccc8n8c9ccccc9c(c6)c78)cccc54)c3)n2)cc1. The van der Waals surface area contributed by atoms with E-state index in [9.17, 15) is 0 Å². The summed E-state index contributed by atoms with van der Waals surface area (Å²) >= 11 is 0. The van der Waals surface area contributed by atoms with E-state index >= 15 is 0 Å². The summed E-state index contributed by atoms with van der Waals surface area (Å²) in [5.74, 6) is 3.81. The lowest BCUT2D eigenvalue weighted by Crippen LogP contribution is -2.01. The van der Waals surface area contributed by atoms with Gasteiger partial charge < -0.3 is 22.3 Å². The summed E-state index contributed by atoms with van der Waals surface area (Å²) in [6.45, 7) is 0. The molecular weight excluding hydrogens is 1600 g/mol. The van der Waals surface area contributed by atoms with Gasteiger partial charge in [-0.3, -0.25) is 0 Å². The highest BCUT2D eigenvalue weighted by Gasteiger charge is 2.27. The van der Waals surface area contributed by atoms with Crippen molar-refractivity contribution in [3.05, 3.63) is 431 Å². The Bertz CT molecular complexity index is 9460. The van der Waals surface area contributed by atoms with Crippen LogP contribution in [0.2, 0.25) is 0 Å². The number of hydrogen-bond donors (Lipinski definition) is 0. The normalized spacial score (nSPS) is 12.1. The van der Waals surface area contributed by atoms with E-state index in [0.29, 0.717) is 34.9 Å². The third-order valence-corrected chi connectivity index (χ3v) is 27.2. The molecule has 131 heavy (non-hydrogen) atoms. The predicted octanol–water partition coefficient (Wildman–Crippen LogP) is 30.4. The van der Waals surface area contributed by atoms with Gasteiger partial charge in [0.05, 0.1) is 71.7 Å². The Morgan fingerprint density at radius 2 is 0.389 bits per heavy atom. The summed E-state index contributed by atoms with van der Waals surface area (Å²) in [5.41, 5.74) is 30.6. The molecule has 0 aliphatic heterocycles. The Morgan fingerprint density at radius 3 is 0.802 bits per heavy atom. The highest BCUT2D eigenvalue weighted by Crippen LogP contribution is 2.49. The molecule has 0 unspecified atom stereocenters. The molecule has 0 N–H and O–H groups in total. The number of rotatable bonds is 11. The number of hydrogen-bond acceptors (Lipinski definition) is 6. The van der Waals surface area contributed by atoms with Crippen molar-refractivity contribution in [2.24, 2.45) is 0 Å². The molecule has 19 aromatic carbocycles. The maximum absolute atomic E-state index is 5.13.